The third kappa shape index (κ3) is 4.86. The van der Waals surface area contributed by atoms with Crippen molar-refractivity contribution in [2.75, 3.05) is 20.3 Å². The molecule has 2 saturated carbocycles. The molecule has 2 unspecified atom stereocenters. The van der Waals surface area contributed by atoms with Gasteiger partial charge >= 0.3 is 17.9 Å². The highest BCUT2D eigenvalue weighted by atomic mass is 16.7. The maximum atomic E-state index is 14.8. The van der Waals surface area contributed by atoms with Gasteiger partial charge < -0.3 is 59.1 Å². The van der Waals surface area contributed by atoms with E-state index in [0.717, 1.165) is 7.11 Å². The van der Waals surface area contributed by atoms with E-state index in [1.54, 1.807) is 20.8 Å². The van der Waals surface area contributed by atoms with Crippen LogP contribution in [0.3, 0.4) is 0 Å². The summed E-state index contributed by atoms with van der Waals surface area (Å²) in [6, 6.07) is 0. The van der Waals surface area contributed by atoms with Crippen molar-refractivity contribution in [1.82, 2.24) is 0 Å². The normalized spacial score (nSPS) is 48.2. The standard InChI is InChI=1S/C34H46O16/c1-12(2)13(3)8-19(36)50-24-26-33-11-46-34(26,31(44)45-6)28(42)23(40)25(33)32(5)15(9-18(33)49-29(24)43)14(4)7-16(27(32)41)47-30-22(39)21(38)20(37)17(10-35)48-30/h7-8,12,14-15,17-18,20-26,28,30,35,37-40,42H,9-11H2,1-6H3/b13-8+/t14-,15+,17-,18-,20-,21+,22-,23?,24-,25?,26-,28+,30-,32+,33-,34+/m1/s1. The number of Topliss-reactive ketones (excluding diaryl/α,β-unsaturated/α-hetero) is 1. The second-order valence-corrected chi connectivity index (χ2v) is 15.1. The molecule has 50 heavy (non-hydrogen) atoms. The summed E-state index contributed by atoms with van der Waals surface area (Å²) < 4.78 is 34.3. The molecule has 2 bridgehead atoms. The fourth-order valence-corrected chi connectivity index (χ4v) is 9.71. The van der Waals surface area contributed by atoms with Crippen LogP contribution in [0.5, 0.6) is 0 Å². The second-order valence-electron chi connectivity index (χ2n) is 15.1. The van der Waals surface area contributed by atoms with Crippen LogP contribution in [0.1, 0.15) is 41.0 Å². The van der Waals surface area contributed by atoms with E-state index in [4.69, 9.17) is 28.4 Å². The van der Waals surface area contributed by atoms with Crippen molar-refractivity contribution in [3.05, 3.63) is 23.5 Å². The molecule has 278 valence electrons. The third-order valence-electron chi connectivity index (χ3n) is 12.4. The average Bonchev–Trinajstić information content (AvgIpc) is 3.38. The van der Waals surface area contributed by atoms with Crippen LogP contribution < -0.4 is 0 Å². The molecular weight excluding hydrogens is 664 g/mol. The first kappa shape index (κ1) is 36.8. The number of methoxy groups -OCH3 is 1. The molecule has 16 nitrogen and oxygen atoms in total. The van der Waals surface area contributed by atoms with Crippen LogP contribution in [0, 0.1) is 40.4 Å². The van der Waals surface area contributed by atoms with Gasteiger partial charge in [-0.2, -0.15) is 0 Å². The number of fused-ring (bicyclic) bond motifs is 2. The van der Waals surface area contributed by atoms with Gasteiger partial charge in [-0.1, -0.05) is 33.3 Å². The first-order chi connectivity index (χ1) is 23.4. The molecule has 3 aliphatic carbocycles. The smallest absolute Gasteiger partial charge is 0.348 e. The van der Waals surface area contributed by atoms with Gasteiger partial charge in [-0.3, -0.25) is 4.79 Å². The molecule has 0 amide bonds. The van der Waals surface area contributed by atoms with Crippen LogP contribution in [-0.4, -0.2) is 135 Å². The number of ketones is 1. The summed E-state index contributed by atoms with van der Waals surface area (Å²) >= 11 is 0. The molecule has 6 aliphatic rings. The van der Waals surface area contributed by atoms with Crippen LogP contribution in [-0.2, 0) is 47.6 Å². The lowest BCUT2D eigenvalue weighted by Crippen LogP contribution is -2.80. The van der Waals surface area contributed by atoms with Crippen LogP contribution >= 0.6 is 0 Å². The van der Waals surface area contributed by atoms with Crippen molar-refractivity contribution in [1.29, 1.82) is 0 Å². The fourth-order valence-electron chi connectivity index (χ4n) is 9.71. The van der Waals surface area contributed by atoms with Gasteiger partial charge in [-0.05, 0) is 37.2 Å². The first-order valence-corrected chi connectivity index (χ1v) is 16.8. The lowest BCUT2D eigenvalue weighted by Gasteiger charge is -2.67. The second kappa shape index (κ2) is 12.6. The first-order valence-electron chi connectivity index (χ1n) is 16.8. The number of rotatable bonds is 7. The van der Waals surface area contributed by atoms with Gasteiger partial charge in [0, 0.05) is 22.8 Å². The minimum atomic E-state index is -2.39. The van der Waals surface area contributed by atoms with Gasteiger partial charge in [0.1, 0.15) is 36.6 Å². The van der Waals surface area contributed by atoms with E-state index in [2.05, 4.69) is 0 Å². The SMILES string of the molecule is COC(=O)[C@@]12OC[C@]34C(C(O)[C@@H]1O)[C@@]1(C)C(=O)C(O[C@@H]5O[C@H](CO)[C@@H](O)[C@H](O)[C@H]5O)=C[C@@H](C)[C@@H]1C[C@H]3OC(=O)[C@H](OC(=O)/C=C(\C)C(C)C)[C@@H]24. The van der Waals surface area contributed by atoms with E-state index in [1.165, 1.54) is 12.2 Å². The number of aliphatic hydroxyl groups excluding tert-OH is 6. The molecule has 3 heterocycles. The van der Waals surface area contributed by atoms with Crippen molar-refractivity contribution in [2.45, 2.75) is 102 Å². The number of hydrogen-bond donors (Lipinski definition) is 6. The zero-order valence-electron chi connectivity index (χ0n) is 28.6. The van der Waals surface area contributed by atoms with Gasteiger partial charge in [0.05, 0.1) is 32.3 Å². The Morgan fingerprint density at radius 1 is 1.06 bits per heavy atom. The Kier molecular flexibility index (Phi) is 9.29. The number of ether oxygens (including phenoxy) is 6. The highest BCUT2D eigenvalue weighted by Crippen LogP contribution is 2.72. The van der Waals surface area contributed by atoms with E-state index < -0.39 is 132 Å². The fraction of sp³-hybridized carbons (Fsp3) is 0.765. The molecule has 0 radical (unpaired) electrons. The highest BCUT2D eigenvalue weighted by Gasteiger charge is 2.86. The van der Waals surface area contributed by atoms with Crippen LogP contribution in [0.2, 0.25) is 0 Å². The topological polar surface area (TPSA) is 245 Å². The molecule has 16 atom stereocenters. The van der Waals surface area contributed by atoms with E-state index >= 15 is 0 Å². The number of esters is 3. The molecule has 0 aromatic rings. The summed E-state index contributed by atoms with van der Waals surface area (Å²) in [5.74, 6) is -7.99. The largest absolute Gasteiger partial charge is 0.467 e. The van der Waals surface area contributed by atoms with Gasteiger partial charge in [0.15, 0.2) is 5.76 Å². The Hall–Kier alpha value is -2.96. The van der Waals surface area contributed by atoms with E-state index in [-0.39, 0.29) is 18.1 Å². The quantitative estimate of drug-likeness (QED) is 0.0976. The Bertz CT molecular complexity index is 1490. The van der Waals surface area contributed by atoms with Crippen LogP contribution in [0.15, 0.2) is 23.5 Å². The maximum absolute atomic E-state index is 14.8. The third-order valence-corrected chi connectivity index (χ3v) is 12.4. The molecule has 6 N–H and O–H groups in total. The summed E-state index contributed by atoms with van der Waals surface area (Å²) in [5.41, 5.74) is -4.95. The van der Waals surface area contributed by atoms with E-state index in [1.807, 2.05) is 13.8 Å². The van der Waals surface area contributed by atoms with Gasteiger partial charge in [0.2, 0.25) is 23.8 Å². The van der Waals surface area contributed by atoms with E-state index in [9.17, 15) is 49.8 Å². The molecule has 3 aliphatic heterocycles. The number of hydrogen-bond acceptors (Lipinski definition) is 16. The predicted molar refractivity (Wildman–Crippen MR) is 164 cm³/mol. The minimum absolute atomic E-state index is 0.0391. The number of allylic oxidation sites excluding steroid dienone is 3. The molecule has 5 fully saturated rings. The summed E-state index contributed by atoms with van der Waals surface area (Å²) in [6.45, 7) is 7.61. The molecule has 16 heteroatoms. The lowest BCUT2D eigenvalue weighted by molar-refractivity contribution is -0.297. The zero-order valence-corrected chi connectivity index (χ0v) is 28.6. The van der Waals surface area contributed by atoms with Crippen molar-refractivity contribution >= 4 is 23.7 Å². The van der Waals surface area contributed by atoms with Gasteiger partial charge in [-0.25, -0.2) is 14.4 Å². The Labute approximate surface area is 287 Å². The zero-order chi connectivity index (χ0) is 36.8. The lowest BCUT2D eigenvalue weighted by atomic mass is 9.37. The Balaban J connectivity index is 1.45. The number of aliphatic hydroxyl groups is 6. The average molecular weight is 711 g/mol. The molecule has 1 spiro atoms. The Morgan fingerprint density at radius 3 is 2.36 bits per heavy atom. The van der Waals surface area contributed by atoms with Crippen molar-refractivity contribution in [3.63, 3.8) is 0 Å². The summed E-state index contributed by atoms with van der Waals surface area (Å²) in [6.07, 6.45) is -12.3. The number of carbonyl (C=O) groups is 4. The van der Waals surface area contributed by atoms with Gasteiger partial charge in [0.25, 0.3) is 0 Å². The highest BCUT2D eigenvalue weighted by molar-refractivity contribution is 6.00. The van der Waals surface area contributed by atoms with Crippen LogP contribution in [0.25, 0.3) is 0 Å². The summed E-state index contributed by atoms with van der Waals surface area (Å²) in [7, 11) is 1.04. The monoisotopic (exact) mass is 710 g/mol. The minimum Gasteiger partial charge on any atom is -0.467 e. The predicted octanol–water partition coefficient (Wildman–Crippen LogP) is -1.73. The summed E-state index contributed by atoms with van der Waals surface area (Å²) in [5, 5.41) is 64.8. The molecule has 3 saturated heterocycles. The van der Waals surface area contributed by atoms with Crippen LogP contribution in [0.4, 0.5) is 0 Å². The van der Waals surface area contributed by atoms with Crippen molar-refractivity contribution in [3.8, 4) is 0 Å². The molecule has 0 aromatic carbocycles. The van der Waals surface area contributed by atoms with E-state index in [0.29, 0.717) is 5.57 Å². The van der Waals surface area contributed by atoms with Crippen molar-refractivity contribution in [2.24, 2.45) is 40.4 Å². The number of carbonyl (C=O) groups excluding carboxylic acids is 4. The molecular formula is C34H46O16. The summed E-state index contributed by atoms with van der Waals surface area (Å²) in [4.78, 5) is 55.4. The van der Waals surface area contributed by atoms with Crippen molar-refractivity contribution < 1.29 is 78.2 Å². The Morgan fingerprint density at radius 2 is 1.74 bits per heavy atom. The maximum Gasteiger partial charge on any atom is 0.348 e. The molecule has 6 rings (SSSR count). The molecule has 0 aromatic heterocycles. The van der Waals surface area contributed by atoms with Gasteiger partial charge in [-0.15, -0.1) is 0 Å².